The summed E-state index contributed by atoms with van der Waals surface area (Å²) in [4.78, 5) is 0.159. The lowest BCUT2D eigenvalue weighted by Gasteiger charge is -2.26. The standard InChI is InChI=1S/C14H20FNO2S/c1-16(11-12-5-3-2-4-6-12)19(17,18)14-9-7-13(15)8-10-14/h7-10,12H,2-6,11H2,1H3. The summed E-state index contributed by atoms with van der Waals surface area (Å²) in [6.07, 6.45) is 5.84. The fraction of sp³-hybridized carbons (Fsp3) is 0.571. The Bertz CT molecular complexity index is 507. The van der Waals surface area contributed by atoms with Gasteiger partial charge in [-0.2, -0.15) is 0 Å². The Morgan fingerprint density at radius 1 is 1.16 bits per heavy atom. The summed E-state index contributed by atoms with van der Waals surface area (Å²) in [5, 5.41) is 0. The van der Waals surface area contributed by atoms with Gasteiger partial charge in [-0.1, -0.05) is 19.3 Å². The molecule has 0 aliphatic heterocycles. The molecule has 1 fully saturated rings. The Morgan fingerprint density at radius 2 is 1.74 bits per heavy atom. The average molecular weight is 285 g/mol. The van der Waals surface area contributed by atoms with Gasteiger partial charge in [0.25, 0.3) is 0 Å². The molecule has 1 saturated carbocycles. The molecule has 19 heavy (non-hydrogen) atoms. The van der Waals surface area contributed by atoms with Crippen LogP contribution < -0.4 is 0 Å². The topological polar surface area (TPSA) is 37.4 Å². The second-order valence-electron chi connectivity index (χ2n) is 5.24. The molecule has 0 heterocycles. The molecule has 0 atom stereocenters. The number of nitrogens with zero attached hydrogens (tertiary/aromatic N) is 1. The van der Waals surface area contributed by atoms with Gasteiger partial charge in [0.05, 0.1) is 4.90 Å². The fourth-order valence-corrected chi connectivity index (χ4v) is 3.86. The number of sulfonamides is 1. The van der Waals surface area contributed by atoms with E-state index >= 15 is 0 Å². The lowest BCUT2D eigenvalue weighted by Crippen LogP contribution is -2.32. The van der Waals surface area contributed by atoms with Crippen LogP contribution in [-0.4, -0.2) is 26.3 Å². The van der Waals surface area contributed by atoms with Gasteiger partial charge >= 0.3 is 0 Å². The van der Waals surface area contributed by atoms with Crippen LogP contribution in [0.25, 0.3) is 0 Å². The van der Waals surface area contributed by atoms with E-state index in [1.54, 1.807) is 7.05 Å². The Morgan fingerprint density at radius 3 is 2.32 bits per heavy atom. The Kier molecular flexibility index (Phi) is 4.58. The van der Waals surface area contributed by atoms with E-state index in [0.717, 1.165) is 12.8 Å². The number of halogens is 1. The van der Waals surface area contributed by atoms with E-state index in [2.05, 4.69) is 0 Å². The van der Waals surface area contributed by atoms with Crippen LogP contribution in [0.4, 0.5) is 4.39 Å². The minimum atomic E-state index is -3.49. The summed E-state index contributed by atoms with van der Waals surface area (Å²) >= 11 is 0. The predicted molar refractivity (Wildman–Crippen MR) is 72.8 cm³/mol. The zero-order valence-electron chi connectivity index (χ0n) is 11.2. The van der Waals surface area contributed by atoms with Crippen LogP contribution in [0.3, 0.4) is 0 Å². The maximum atomic E-state index is 12.8. The van der Waals surface area contributed by atoms with Crippen molar-refractivity contribution in [2.24, 2.45) is 5.92 Å². The Hall–Kier alpha value is -0.940. The maximum absolute atomic E-state index is 12.8. The highest BCUT2D eigenvalue weighted by molar-refractivity contribution is 7.89. The second-order valence-corrected chi connectivity index (χ2v) is 7.29. The van der Waals surface area contributed by atoms with E-state index < -0.39 is 15.8 Å². The van der Waals surface area contributed by atoms with E-state index in [-0.39, 0.29) is 4.90 Å². The maximum Gasteiger partial charge on any atom is 0.242 e. The Balaban J connectivity index is 2.07. The number of benzene rings is 1. The molecule has 2 rings (SSSR count). The third-order valence-corrected chi connectivity index (χ3v) is 5.60. The van der Waals surface area contributed by atoms with Crippen LogP contribution in [0, 0.1) is 11.7 Å². The third kappa shape index (κ3) is 3.54. The summed E-state index contributed by atoms with van der Waals surface area (Å²) in [5.74, 6) is 0.0304. The number of hydrogen-bond donors (Lipinski definition) is 0. The van der Waals surface area contributed by atoms with Gasteiger partial charge in [-0.05, 0) is 43.0 Å². The molecule has 0 spiro atoms. The van der Waals surface area contributed by atoms with Crippen molar-refractivity contribution < 1.29 is 12.8 Å². The van der Waals surface area contributed by atoms with Crippen LogP contribution in [0.2, 0.25) is 0 Å². The molecule has 0 amide bonds. The van der Waals surface area contributed by atoms with Crippen molar-refractivity contribution in [2.45, 2.75) is 37.0 Å². The summed E-state index contributed by atoms with van der Waals surface area (Å²) < 4.78 is 38.9. The van der Waals surface area contributed by atoms with E-state index in [1.165, 1.54) is 47.8 Å². The van der Waals surface area contributed by atoms with Crippen molar-refractivity contribution in [3.05, 3.63) is 30.1 Å². The first-order valence-electron chi connectivity index (χ1n) is 6.72. The van der Waals surface area contributed by atoms with E-state index in [9.17, 15) is 12.8 Å². The molecule has 3 nitrogen and oxygen atoms in total. The van der Waals surface area contributed by atoms with Gasteiger partial charge < -0.3 is 0 Å². The minimum absolute atomic E-state index is 0.159. The molecule has 1 aromatic rings. The molecule has 106 valence electrons. The number of rotatable bonds is 4. The largest absolute Gasteiger partial charge is 0.242 e. The van der Waals surface area contributed by atoms with Gasteiger partial charge in [-0.15, -0.1) is 0 Å². The van der Waals surface area contributed by atoms with Crippen molar-refractivity contribution in [1.29, 1.82) is 0 Å². The smallest absolute Gasteiger partial charge is 0.207 e. The predicted octanol–water partition coefficient (Wildman–Crippen LogP) is 3.03. The van der Waals surface area contributed by atoms with Gasteiger partial charge in [0.2, 0.25) is 10.0 Å². The van der Waals surface area contributed by atoms with Crippen LogP contribution in [0.5, 0.6) is 0 Å². The SMILES string of the molecule is CN(CC1CCCCC1)S(=O)(=O)c1ccc(F)cc1. The third-order valence-electron chi connectivity index (χ3n) is 3.76. The van der Waals surface area contributed by atoms with Crippen molar-refractivity contribution in [3.8, 4) is 0 Å². The van der Waals surface area contributed by atoms with Crippen LogP contribution in [0.15, 0.2) is 29.2 Å². The van der Waals surface area contributed by atoms with Crippen LogP contribution in [0.1, 0.15) is 32.1 Å². The zero-order chi connectivity index (χ0) is 13.9. The Labute approximate surface area is 114 Å². The molecule has 0 N–H and O–H groups in total. The zero-order valence-corrected chi connectivity index (χ0v) is 12.0. The molecule has 0 unspecified atom stereocenters. The molecular weight excluding hydrogens is 265 g/mol. The summed E-state index contributed by atoms with van der Waals surface area (Å²) in [5.41, 5.74) is 0. The van der Waals surface area contributed by atoms with Crippen LogP contribution >= 0.6 is 0 Å². The van der Waals surface area contributed by atoms with E-state index in [1.807, 2.05) is 0 Å². The van der Waals surface area contributed by atoms with Crippen molar-refractivity contribution in [1.82, 2.24) is 4.31 Å². The van der Waals surface area contributed by atoms with Gasteiger partial charge in [0.1, 0.15) is 5.82 Å². The van der Waals surface area contributed by atoms with E-state index in [4.69, 9.17) is 0 Å². The molecule has 0 aromatic heterocycles. The van der Waals surface area contributed by atoms with Crippen molar-refractivity contribution in [2.75, 3.05) is 13.6 Å². The van der Waals surface area contributed by atoms with Gasteiger partial charge in [-0.3, -0.25) is 0 Å². The lowest BCUT2D eigenvalue weighted by molar-refractivity contribution is 0.300. The lowest BCUT2D eigenvalue weighted by atomic mass is 9.89. The first-order chi connectivity index (χ1) is 9.00. The minimum Gasteiger partial charge on any atom is -0.207 e. The second kappa shape index (κ2) is 6.01. The first-order valence-corrected chi connectivity index (χ1v) is 8.16. The summed E-state index contributed by atoms with van der Waals surface area (Å²) in [7, 11) is -1.88. The molecule has 0 saturated heterocycles. The first kappa shape index (κ1) is 14.5. The van der Waals surface area contributed by atoms with Crippen molar-refractivity contribution >= 4 is 10.0 Å². The highest BCUT2D eigenvalue weighted by atomic mass is 32.2. The van der Waals surface area contributed by atoms with Gasteiger partial charge in [0, 0.05) is 13.6 Å². The fourth-order valence-electron chi connectivity index (χ4n) is 2.62. The molecule has 1 aliphatic rings. The molecule has 0 radical (unpaired) electrons. The van der Waals surface area contributed by atoms with E-state index in [0.29, 0.717) is 12.5 Å². The summed E-state index contributed by atoms with van der Waals surface area (Å²) in [6, 6.07) is 5.01. The normalized spacial score (nSPS) is 17.8. The molecule has 5 heteroatoms. The summed E-state index contributed by atoms with van der Waals surface area (Å²) in [6.45, 7) is 0.555. The molecule has 1 aromatic carbocycles. The van der Waals surface area contributed by atoms with Gasteiger partial charge in [0.15, 0.2) is 0 Å². The highest BCUT2D eigenvalue weighted by Gasteiger charge is 2.24. The average Bonchev–Trinajstić information content (AvgIpc) is 2.40. The molecule has 0 bridgehead atoms. The van der Waals surface area contributed by atoms with Crippen molar-refractivity contribution in [3.63, 3.8) is 0 Å². The molecule has 1 aliphatic carbocycles. The number of hydrogen-bond acceptors (Lipinski definition) is 2. The monoisotopic (exact) mass is 285 g/mol. The molecular formula is C14H20FNO2S. The van der Waals surface area contributed by atoms with Crippen LogP contribution in [-0.2, 0) is 10.0 Å². The van der Waals surface area contributed by atoms with Gasteiger partial charge in [-0.25, -0.2) is 17.1 Å². The quantitative estimate of drug-likeness (QED) is 0.852. The highest BCUT2D eigenvalue weighted by Crippen LogP contribution is 2.26.